The Morgan fingerprint density at radius 1 is 1.03 bits per heavy atom. The first-order valence-corrected chi connectivity index (χ1v) is 11.3. The van der Waals surface area contributed by atoms with Gasteiger partial charge in [0.15, 0.2) is 0 Å². The predicted octanol–water partition coefficient (Wildman–Crippen LogP) is 5.09. The third-order valence-electron chi connectivity index (χ3n) is 7.06. The molecule has 0 aliphatic carbocycles. The number of pyridine rings is 1. The Balaban J connectivity index is 1.63. The lowest BCUT2D eigenvalue weighted by molar-refractivity contribution is 0.0550. The van der Waals surface area contributed by atoms with Gasteiger partial charge in [-0.1, -0.05) is 26.0 Å². The number of aromatic nitrogens is 2. The van der Waals surface area contributed by atoms with Crippen LogP contribution in [-0.4, -0.2) is 35.1 Å². The number of halogens is 1. The molecule has 1 saturated heterocycles. The first-order valence-electron chi connectivity index (χ1n) is 11.3. The first kappa shape index (κ1) is 20.9. The van der Waals surface area contributed by atoms with Crippen molar-refractivity contribution in [2.45, 2.75) is 44.6 Å². The predicted molar refractivity (Wildman–Crippen MR) is 122 cm³/mol. The maximum absolute atomic E-state index is 13.7. The van der Waals surface area contributed by atoms with Gasteiger partial charge in [0.25, 0.3) is 5.91 Å². The van der Waals surface area contributed by atoms with Crippen LogP contribution in [-0.2, 0) is 10.2 Å². The minimum absolute atomic E-state index is 0.0237. The van der Waals surface area contributed by atoms with Gasteiger partial charge in [0.2, 0.25) is 0 Å². The quantitative estimate of drug-likeness (QED) is 0.602. The molecule has 1 unspecified atom stereocenters. The molecule has 0 bridgehead atoms. The zero-order chi connectivity index (χ0) is 22.3. The summed E-state index contributed by atoms with van der Waals surface area (Å²) in [7, 11) is 0. The smallest absolute Gasteiger partial charge is 0.254 e. The number of hydrogen-bond donors (Lipinski definition) is 2. The van der Waals surface area contributed by atoms with Crippen molar-refractivity contribution in [2.75, 3.05) is 13.2 Å². The highest BCUT2D eigenvalue weighted by atomic mass is 19.1. The van der Waals surface area contributed by atoms with Gasteiger partial charge in [0.05, 0.1) is 11.3 Å². The SMILES string of the molecule is CC1(C)c2[nH]c(-c3ccncc3)c(-c3ccc(F)cc3)c2C(=O)NC1CC1CCOCC1. The van der Waals surface area contributed by atoms with E-state index in [2.05, 4.69) is 29.1 Å². The number of hydrogen-bond acceptors (Lipinski definition) is 3. The number of carbonyl (C=O) groups is 1. The van der Waals surface area contributed by atoms with Crippen molar-refractivity contribution < 1.29 is 13.9 Å². The van der Waals surface area contributed by atoms with Crippen LogP contribution in [0.25, 0.3) is 22.4 Å². The Bertz CT molecular complexity index is 1120. The summed E-state index contributed by atoms with van der Waals surface area (Å²) < 4.78 is 19.2. The van der Waals surface area contributed by atoms with Crippen molar-refractivity contribution in [1.82, 2.24) is 15.3 Å². The van der Waals surface area contributed by atoms with Crippen LogP contribution in [0.1, 0.15) is 49.2 Å². The van der Waals surface area contributed by atoms with Crippen molar-refractivity contribution in [3.05, 3.63) is 65.9 Å². The molecular weight excluding hydrogens is 405 g/mol. The number of carbonyl (C=O) groups excluding carboxylic acids is 1. The van der Waals surface area contributed by atoms with Gasteiger partial charge in [-0.3, -0.25) is 9.78 Å². The number of amides is 1. The van der Waals surface area contributed by atoms with Gasteiger partial charge >= 0.3 is 0 Å². The Kier molecular flexibility index (Phi) is 5.33. The number of fused-ring (bicyclic) bond motifs is 1. The lowest BCUT2D eigenvalue weighted by Crippen LogP contribution is -2.53. The fraction of sp³-hybridized carbons (Fsp3) is 0.385. The molecule has 4 heterocycles. The van der Waals surface area contributed by atoms with Crippen molar-refractivity contribution in [2.24, 2.45) is 5.92 Å². The number of nitrogens with zero attached hydrogens (tertiary/aromatic N) is 1. The van der Waals surface area contributed by atoms with E-state index in [4.69, 9.17) is 4.74 Å². The molecule has 0 spiro atoms. The summed E-state index contributed by atoms with van der Waals surface area (Å²) in [6.45, 7) is 5.97. The Morgan fingerprint density at radius 3 is 2.41 bits per heavy atom. The molecule has 5 rings (SSSR count). The summed E-state index contributed by atoms with van der Waals surface area (Å²) >= 11 is 0. The molecule has 3 aromatic rings. The van der Waals surface area contributed by atoms with Gasteiger partial charge in [-0.25, -0.2) is 4.39 Å². The highest BCUT2D eigenvalue weighted by molar-refractivity contribution is 6.07. The number of nitrogens with one attached hydrogen (secondary N) is 2. The summed E-state index contributed by atoms with van der Waals surface area (Å²) in [6.07, 6.45) is 6.47. The number of H-pyrrole nitrogens is 1. The van der Waals surface area contributed by atoms with E-state index in [1.54, 1.807) is 24.5 Å². The summed E-state index contributed by atoms with van der Waals surface area (Å²) in [4.78, 5) is 21.2. The van der Waals surface area contributed by atoms with Crippen LogP contribution in [0.5, 0.6) is 0 Å². The molecule has 1 amide bonds. The molecular formula is C26H28FN3O2. The second-order valence-corrected chi connectivity index (χ2v) is 9.41. The van der Waals surface area contributed by atoms with E-state index in [1.807, 2.05) is 12.1 Å². The molecule has 5 nitrogen and oxygen atoms in total. The van der Waals surface area contributed by atoms with Crippen molar-refractivity contribution in [1.29, 1.82) is 0 Å². The number of benzene rings is 1. The number of aromatic amines is 1. The molecule has 0 saturated carbocycles. The maximum Gasteiger partial charge on any atom is 0.254 e. The molecule has 2 aliphatic rings. The number of rotatable bonds is 4. The molecule has 1 aromatic carbocycles. The summed E-state index contributed by atoms with van der Waals surface area (Å²) in [5.41, 5.74) is 4.71. The van der Waals surface area contributed by atoms with E-state index in [0.717, 1.165) is 60.6 Å². The second-order valence-electron chi connectivity index (χ2n) is 9.41. The van der Waals surface area contributed by atoms with E-state index in [0.29, 0.717) is 11.5 Å². The first-order chi connectivity index (χ1) is 15.4. The topological polar surface area (TPSA) is 67.0 Å². The minimum atomic E-state index is -0.301. The van der Waals surface area contributed by atoms with E-state index in [-0.39, 0.29) is 23.2 Å². The molecule has 2 N–H and O–H groups in total. The maximum atomic E-state index is 13.7. The standard InChI is InChI=1S/C26H28FN3O2/c1-26(2)20(15-16-9-13-32-14-10-16)29-25(31)22-21(17-3-5-19(27)6-4-17)23(30-24(22)26)18-7-11-28-12-8-18/h3-8,11-12,16,20,30H,9-10,13-15H2,1-2H3,(H,29,31). The van der Waals surface area contributed by atoms with Crippen molar-refractivity contribution in [3.63, 3.8) is 0 Å². The van der Waals surface area contributed by atoms with Crippen molar-refractivity contribution >= 4 is 5.91 Å². The summed E-state index contributed by atoms with van der Waals surface area (Å²) in [6, 6.07) is 10.2. The monoisotopic (exact) mass is 433 g/mol. The largest absolute Gasteiger partial charge is 0.381 e. The molecule has 32 heavy (non-hydrogen) atoms. The Morgan fingerprint density at radius 2 is 1.72 bits per heavy atom. The van der Waals surface area contributed by atoms with Gasteiger partial charge < -0.3 is 15.0 Å². The molecule has 2 aliphatic heterocycles. The fourth-order valence-electron chi connectivity index (χ4n) is 5.10. The zero-order valence-electron chi connectivity index (χ0n) is 18.5. The van der Waals surface area contributed by atoms with E-state index in [9.17, 15) is 9.18 Å². The average Bonchev–Trinajstić information content (AvgIpc) is 3.22. The van der Waals surface area contributed by atoms with Gasteiger partial charge in [0.1, 0.15) is 5.82 Å². The fourth-order valence-corrected chi connectivity index (χ4v) is 5.10. The van der Waals surface area contributed by atoms with E-state index in [1.165, 1.54) is 12.1 Å². The summed E-state index contributed by atoms with van der Waals surface area (Å²) in [5, 5.41) is 3.31. The van der Waals surface area contributed by atoms with Gasteiger partial charge in [-0.05, 0) is 55.0 Å². The van der Waals surface area contributed by atoms with Gasteiger partial charge in [0, 0.05) is 53.9 Å². The minimum Gasteiger partial charge on any atom is -0.381 e. The van der Waals surface area contributed by atoms with Crippen molar-refractivity contribution in [3.8, 4) is 22.4 Å². The summed E-state index contributed by atoms with van der Waals surface area (Å²) in [5.74, 6) is 0.165. The van der Waals surface area contributed by atoms with Crippen LogP contribution >= 0.6 is 0 Å². The molecule has 1 atom stereocenters. The van der Waals surface area contributed by atoms with E-state index >= 15 is 0 Å². The van der Waals surface area contributed by atoms with Gasteiger partial charge in [-0.15, -0.1) is 0 Å². The Labute approximate surface area is 187 Å². The molecule has 166 valence electrons. The Hall–Kier alpha value is -2.99. The second kappa shape index (κ2) is 8.17. The van der Waals surface area contributed by atoms with Crippen LogP contribution in [0, 0.1) is 11.7 Å². The molecule has 2 aromatic heterocycles. The van der Waals surface area contributed by atoms with Crippen LogP contribution in [0.4, 0.5) is 4.39 Å². The lowest BCUT2D eigenvalue weighted by atomic mass is 9.72. The van der Waals surface area contributed by atoms with Gasteiger partial charge in [-0.2, -0.15) is 0 Å². The van der Waals surface area contributed by atoms with Crippen LogP contribution in [0.15, 0.2) is 48.8 Å². The van der Waals surface area contributed by atoms with Crippen LogP contribution in [0.3, 0.4) is 0 Å². The molecule has 0 radical (unpaired) electrons. The molecule has 1 fully saturated rings. The van der Waals surface area contributed by atoms with E-state index < -0.39 is 0 Å². The number of ether oxygens (including phenoxy) is 1. The lowest BCUT2D eigenvalue weighted by Gasteiger charge is -2.41. The zero-order valence-corrected chi connectivity index (χ0v) is 18.5. The third-order valence-corrected chi connectivity index (χ3v) is 7.06. The third kappa shape index (κ3) is 3.62. The van der Waals surface area contributed by atoms with Crippen LogP contribution < -0.4 is 5.32 Å². The highest BCUT2D eigenvalue weighted by Crippen LogP contribution is 2.45. The molecule has 6 heteroatoms. The highest BCUT2D eigenvalue weighted by Gasteiger charge is 2.44. The van der Waals surface area contributed by atoms with Crippen LogP contribution in [0.2, 0.25) is 0 Å². The normalized spacial score (nSPS) is 20.6. The average molecular weight is 434 g/mol.